The highest BCUT2D eigenvalue weighted by Gasteiger charge is 2.42. The number of hydrogen-bond donors (Lipinski definition) is 1. The molecule has 0 radical (unpaired) electrons. The van der Waals surface area contributed by atoms with Gasteiger partial charge in [0.05, 0.1) is 12.9 Å². The second kappa shape index (κ2) is 8.19. The Hall–Kier alpha value is -0.760. The maximum atomic E-state index is 5.60. The van der Waals surface area contributed by atoms with Crippen LogP contribution in [0.1, 0.15) is 25.5 Å². The highest BCUT2D eigenvalue weighted by atomic mass is 127. The molecule has 1 spiro atoms. The number of ether oxygens (including phenoxy) is 1. The van der Waals surface area contributed by atoms with E-state index in [-0.39, 0.29) is 24.0 Å². The topological polar surface area (TPSA) is 50.0 Å². The molecule has 1 atom stereocenters. The lowest BCUT2D eigenvalue weighted by Crippen LogP contribution is -2.41. The number of likely N-dealkylation sites (tertiary alicyclic amines) is 1. The summed E-state index contributed by atoms with van der Waals surface area (Å²) in [6.45, 7) is 7.76. The zero-order valence-corrected chi connectivity index (χ0v) is 15.5. The first-order valence-electron chi connectivity index (χ1n) is 7.95. The minimum atomic E-state index is 0. The first kappa shape index (κ1) is 17.6. The zero-order chi connectivity index (χ0) is 14.5. The van der Waals surface area contributed by atoms with Crippen molar-refractivity contribution in [1.82, 2.24) is 10.2 Å². The lowest BCUT2D eigenvalue weighted by molar-refractivity contribution is 0.156. The molecule has 22 heavy (non-hydrogen) atoms. The van der Waals surface area contributed by atoms with Crippen LogP contribution in [0.25, 0.3) is 0 Å². The first-order valence-corrected chi connectivity index (χ1v) is 7.95. The van der Waals surface area contributed by atoms with E-state index in [9.17, 15) is 0 Å². The van der Waals surface area contributed by atoms with Gasteiger partial charge in [0.1, 0.15) is 5.76 Å². The molecule has 0 amide bonds. The Bertz CT molecular complexity index is 470. The predicted molar refractivity (Wildman–Crippen MR) is 97.9 cm³/mol. The summed E-state index contributed by atoms with van der Waals surface area (Å²) in [6.07, 6.45) is 4.98. The number of halogens is 1. The van der Waals surface area contributed by atoms with E-state index in [0.29, 0.717) is 5.41 Å². The van der Waals surface area contributed by atoms with Crippen LogP contribution >= 0.6 is 24.0 Å². The standard InChI is InChI=1S/C16H25N3O2.HI/c1-2-17-15(18-8-5-14-4-3-10-21-14)19-9-6-16(12-19)7-11-20-13-16;/h3-4,10H,2,5-9,11-13H2,1H3,(H,17,18);1H. The number of aliphatic imine (C=N–C) groups is 1. The van der Waals surface area contributed by atoms with E-state index in [4.69, 9.17) is 14.1 Å². The SMILES string of the molecule is CCNC(=NCCc1ccco1)N1CCC2(CCOC2)C1.I. The Morgan fingerprint density at radius 2 is 2.36 bits per heavy atom. The van der Waals surface area contributed by atoms with Crippen molar-refractivity contribution < 1.29 is 9.15 Å². The van der Waals surface area contributed by atoms with E-state index >= 15 is 0 Å². The maximum Gasteiger partial charge on any atom is 0.193 e. The molecule has 0 saturated carbocycles. The lowest BCUT2D eigenvalue weighted by Gasteiger charge is -2.24. The second-order valence-electron chi connectivity index (χ2n) is 6.04. The summed E-state index contributed by atoms with van der Waals surface area (Å²) in [5.74, 6) is 2.03. The number of hydrogen-bond acceptors (Lipinski definition) is 3. The average Bonchev–Trinajstić information content (AvgIpc) is 3.22. The predicted octanol–water partition coefficient (Wildman–Crippen LogP) is 2.52. The van der Waals surface area contributed by atoms with Gasteiger partial charge in [0.2, 0.25) is 0 Å². The molecule has 5 nitrogen and oxygen atoms in total. The molecule has 2 aliphatic heterocycles. The number of nitrogens with zero attached hydrogens (tertiary/aromatic N) is 2. The maximum absolute atomic E-state index is 5.60. The highest BCUT2D eigenvalue weighted by molar-refractivity contribution is 14.0. The van der Waals surface area contributed by atoms with Crippen molar-refractivity contribution >= 4 is 29.9 Å². The van der Waals surface area contributed by atoms with Gasteiger partial charge in [-0.1, -0.05) is 0 Å². The minimum absolute atomic E-state index is 0. The van der Waals surface area contributed by atoms with Crippen molar-refractivity contribution in [2.45, 2.75) is 26.2 Å². The average molecular weight is 419 g/mol. The van der Waals surface area contributed by atoms with Gasteiger partial charge in [-0.15, -0.1) is 24.0 Å². The van der Waals surface area contributed by atoms with Gasteiger partial charge in [0, 0.05) is 44.6 Å². The van der Waals surface area contributed by atoms with Crippen molar-refractivity contribution in [3.8, 4) is 0 Å². The fraction of sp³-hybridized carbons (Fsp3) is 0.688. The van der Waals surface area contributed by atoms with Crippen LogP contribution in [0.15, 0.2) is 27.8 Å². The first-order chi connectivity index (χ1) is 10.3. The van der Waals surface area contributed by atoms with Crippen molar-refractivity contribution in [1.29, 1.82) is 0 Å². The van der Waals surface area contributed by atoms with E-state index in [0.717, 1.165) is 57.5 Å². The molecule has 2 aliphatic rings. The van der Waals surface area contributed by atoms with E-state index in [2.05, 4.69) is 17.1 Å². The largest absolute Gasteiger partial charge is 0.469 e. The molecule has 2 saturated heterocycles. The summed E-state index contributed by atoms with van der Waals surface area (Å²) in [4.78, 5) is 7.14. The molecule has 124 valence electrons. The molecular weight excluding hydrogens is 393 g/mol. The van der Waals surface area contributed by atoms with Crippen LogP contribution < -0.4 is 5.32 Å². The molecule has 0 aliphatic carbocycles. The summed E-state index contributed by atoms with van der Waals surface area (Å²) in [6, 6.07) is 3.93. The van der Waals surface area contributed by atoms with Crippen molar-refractivity contribution in [3.05, 3.63) is 24.2 Å². The number of guanidine groups is 1. The number of furan rings is 1. The molecule has 0 bridgehead atoms. The summed E-state index contributed by atoms with van der Waals surface area (Å²) in [5, 5.41) is 3.42. The molecule has 1 aromatic rings. The fourth-order valence-corrected chi connectivity index (χ4v) is 3.24. The van der Waals surface area contributed by atoms with Gasteiger partial charge in [0.25, 0.3) is 0 Å². The van der Waals surface area contributed by atoms with E-state index < -0.39 is 0 Å². The van der Waals surface area contributed by atoms with Gasteiger partial charge in [0.15, 0.2) is 5.96 Å². The summed E-state index contributed by atoms with van der Waals surface area (Å²) in [7, 11) is 0. The molecule has 1 unspecified atom stereocenters. The molecule has 1 aromatic heterocycles. The van der Waals surface area contributed by atoms with Gasteiger partial charge >= 0.3 is 0 Å². The molecule has 2 fully saturated rings. The van der Waals surface area contributed by atoms with Crippen LogP contribution in [0.5, 0.6) is 0 Å². The highest BCUT2D eigenvalue weighted by Crippen LogP contribution is 2.38. The Kier molecular flexibility index (Phi) is 6.55. The van der Waals surface area contributed by atoms with Crippen molar-refractivity contribution in [2.24, 2.45) is 10.4 Å². The molecule has 1 N–H and O–H groups in total. The molecule has 3 heterocycles. The third-order valence-corrected chi connectivity index (χ3v) is 4.46. The third-order valence-electron chi connectivity index (χ3n) is 4.46. The Morgan fingerprint density at radius 1 is 1.45 bits per heavy atom. The van der Waals surface area contributed by atoms with Crippen LogP contribution in [-0.2, 0) is 11.2 Å². The molecule has 6 heteroatoms. The van der Waals surface area contributed by atoms with Gasteiger partial charge in [-0.2, -0.15) is 0 Å². The molecule has 0 aromatic carbocycles. The number of nitrogens with one attached hydrogen (secondary N) is 1. The Labute approximate surface area is 149 Å². The Morgan fingerprint density at radius 3 is 3.05 bits per heavy atom. The van der Waals surface area contributed by atoms with Crippen LogP contribution in [0.3, 0.4) is 0 Å². The smallest absolute Gasteiger partial charge is 0.193 e. The van der Waals surface area contributed by atoms with Gasteiger partial charge in [-0.3, -0.25) is 4.99 Å². The number of rotatable bonds is 4. The van der Waals surface area contributed by atoms with Gasteiger partial charge in [-0.05, 0) is 31.9 Å². The van der Waals surface area contributed by atoms with Gasteiger partial charge < -0.3 is 19.4 Å². The van der Waals surface area contributed by atoms with Crippen LogP contribution in [0, 0.1) is 5.41 Å². The van der Waals surface area contributed by atoms with Crippen LogP contribution in [0.2, 0.25) is 0 Å². The normalized spacial score (nSPS) is 24.8. The lowest BCUT2D eigenvalue weighted by atomic mass is 9.87. The molecule has 3 rings (SSSR count). The third kappa shape index (κ3) is 4.16. The second-order valence-corrected chi connectivity index (χ2v) is 6.04. The molecular formula is C16H26IN3O2. The zero-order valence-electron chi connectivity index (χ0n) is 13.2. The van der Waals surface area contributed by atoms with Crippen molar-refractivity contribution in [3.63, 3.8) is 0 Å². The summed E-state index contributed by atoms with van der Waals surface area (Å²) in [5.41, 5.74) is 0.372. The fourth-order valence-electron chi connectivity index (χ4n) is 3.24. The summed E-state index contributed by atoms with van der Waals surface area (Å²) >= 11 is 0. The monoisotopic (exact) mass is 419 g/mol. The van der Waals surface area contributed by atoms with Gasteiger partial charge in [-0.25, -0.2) is 0 Å². The van der Waals surface area contributed by atoms with E-state index in [1.165, 1.54) is 12.8 Å². The van der Waals surface area contributed by atoms with Crippen LogP contribution in [0.4, 0.5) is 0 Å². The quantitative estimate of drug-likeness (QED) is 0.463. The van der Waals surface area contributed by atoms with E-state index in [1.54, 1.807) is 6.26 Å². The Balaban J connectivity index is 0.00000176. The van der Waals surface area contributed by atoms with E-state index in [1.807, 2.05) is 12.1 Å². The minimum Gasteiger partial charge on any atom is -0.469 e. The van der Waals surface area contributed by atoms with Crippen molar-refractivity contribution in [2.75, 3.05) is 39.4 Å². The summed E-state index contributed by atoms with van der Waals surface area (Å²) < 4.78 is 11.0. The van der Waals surface area contributed by atoms with Crippen LogP contribution in [-0.4, -0.2) is 50.3 Å².